The van der Waals surface area contributed by atoms with E-state index in [2.05, 4.69) is 0 Å². The standard InChI is InChI=1S/C14H21ClN2O2/c1-17(14(18)7-2-3-8-16)9-10-19-13-6-4-5-12(15)11-13/h4-6,11H,2-3,7-10,16H2,1H3. The van der Waals surface area contributed by atoms with Gasteiger partial charge in [-0.2, -0.15) is 0 Å². The van der Waals surface area contributed by atoms with Gasteiger partial charge in [0.2, 0.25) is 5.91 Å². The minimum atomic E-state index is 0.128. The highest BCUT2D eigenvalue weighted by Crippen LogP contribution is 2.16. The van der Waals surface area contributed by atoms with Crippen LogP contribution < -0.4 is 10.5 Å². The molecule has 0 bridgehead atoms. The third kappa shape index (κ3) is 6.45. The second kappa shape index (κ2) is 8.77. The molecule has 0 saturated carbocycles. The molecular weight excluding hydrogens is 264 g/mol. The minimum Gasteiger partial charge on any atom is -0.492 e. The van der Waals surface area contributed by atoms with Gasteiger partial charge in [-0.3, -0.25) is 4.79 Å². The summed E-state index contributed by atoms with van der Waals surface area (Å²) < 4.78 is 5.53. The molecule has 0 fully saturated rings. The quantitative estimate of drug-likeness (QED) is 0.745. The molecule has 106 valence electrons. The van der Waals surface area contributed by atoms with Gasteiger partial charge in [-0.25, -0.2) is 0 Å². The number of benzene rings is 1. The number of hydrogen-bond donors (Lipinski definition) is 1. The lowest BCUT2D eigenvalue weighted by atomic mass is 10.2. The molecule has 1 aromatic rings. The SMILES string of the molecule is CN(CCOc1cccc(Cl)c1)C(=O)CCCCN. The molecule has 0 aliphatic heterocycles. The number of ether oxygens (including phenoxy) is 1. The number of carbonyl (C=O) groups is 1. The van der Waals surface area contributed by atoms with Crippen LogP contribution in [0, 0.1) is 0 Å². The van der Waals surface area contributed by atoms with Crippen LogP contribution in [0.1, 0.15) is 19.3 Å². The van der Waals surface area contributed by atoms with Gasteiger partial charge in [0.05, 0.1) is 6.54 Å². The van der Waals surface area contributed by atoms with Crippen molar-refractivity contribution >= 4 is 17.5 Å². The maximum atomic E-state index is 11.7. The number of amides is 1. The summed E-state index contributed by atoms with van der Waals surface area (Å²) in [6, 6.07) is 7.22. The van der Waals surface area contributed by atoms with Crippen LogP contribution in [0.4, 0.5) is 0 Å². The van der Waals surface area contributed by atoms with Gasteiger partial charge in [0, 0.05) is 18.5 Å². The normalized spacial score (nSPS) is 10.3. The van der Waals surface area contributed by atoms with Crippen LogP contribution in [0.3, 0.4) is 0 Å². The van der Waals surface area contributed by atoms with Crippen LogP contribution in [0.2, 0.25) is 5.02 Å². The Morgan fingerprint density at radius 3 is 2.89 bits per heavy atom. The Morgan fingerprint density at radius 2 is 2.21 bits per heavy atom. The molecule has 1 amide bonds. The van der Waals surface area contributed by atoms with Crippen molar-refractivity contribution in [2.45, 2.75) is 19.3 Å². The lowest BCUT2D eigenvalue weighted by Crippen LogP contribution is -2.30. The maximum absolute atomic E-state index is 11.7. The molecule has 0 aliphatic rings. The van der Waals surface area contributed by atoms with Crippen molar-refractivity contribution in [2.24, 2.45) is 5.73 Å². The summed E-state index contributed by atoms with van der Waals surface area (Å²) in [5, 5.41) is 0.642. The Morgan fingerprint density at radius 1 is 1.42 bits per heavy atom. The van der Waals surface area contributed by atoms with Gasteiger partial charge in [-0.1, -0.05) is 17.7 Å². The molecule has 19 heavy (non-hydrogen) atoms. The fraction of sp³-hybridized carbons (Fsp3) is 0.500. The summed E-state index contributed by atoms with van der Waals surface area (Å²) in [5.74, 6) is 0.847. The number of halogens is 1. The molecule has 0 heterocycles. The van der Waals surface area contributed by atoms with Crippen molar-refractivity contribution in [2.75, 3.05) is 26.7 Å². The molecule has 0 atom stereocenters. The number of likely N-dealkylation sites (N-methyl/N-ethyl adjacent to an activating group) is 1. The third-order valence-electron chi connectivity index (χ3n) is 2.76. The van der Waals surface area contributed by atoms with Crippen LogP contribution in [-0.2, 0) is 4.79 Å². The van der Waals surface area contributed by atoms with E-state index in [-0.39, 0.29) is 5.91 Å². The molecular formula is C14H21ClN2O2. The summed E-state index contributed by atoms with van der Waals surface area (Å²) in [7, 11) is 1.78. The van der Waals surface area contributed by atoms with Gasteiger partial charge in [0.15, 0.2) is 0 Å². The Kier molecular flexibility index (Phi) is 7.30. The molecule has 1 aromatic carbocycles. The highest BCUT2D eigenvalue weighted by Gasteiger charge is 2.07. The molecule has 4 nitrogen and oxygen atoms in total. The summed E-state index contributed by atoms with van der Waals surface area (Å²) in [6.45, 7) is 1.66. The number of carbonyl (C=O) groups excluding carboxylic acids is 1. The monoisotopic (exact) mass is 284 g/mol. The van der Waals surface area contributed by atoms with Crippen molar-refractivity contribution < 1.29 is 9.53 Å². The second-order valence-electron chi connectivity index (χ2n) is 4.37. The molecule has 0 aromatic heterocycles. The topological polar surface area (TPSA) is 55.6 Å². The van der Waals surface area contributed by atoms with E-state index in [1.807, 2.05) is 12.1 Å². The molecule has 5 heteroatoms. The fourth-order valence-electron chi connectivity index (χ4n) is 1.59. The first-order valence-electron chi connectivity index (χ1n) is 6.46. The fourth-order valence-corrected chi connectivity index (χ4v) is 1.77. The molecule has 0 aliphatic carbocycles. The van der Waals surface area contributed by atoms with Crippen molar-refractivity contribution in [3.63, 3.8) is 0 Å². The highest BCUT2D eigenvalue weighted by molar-refractivity contribution is 6.30. The average molecular weight is 285 g/mol. The van der Waals surface area contributed by atoms with E-state index < -0.39 is 0 Å². The van der Waals surface area contributed by atoms with Crippen molar-refractivity contribution in [3.05, 3.63) is 29.3 Å². The third-order valence-corrected chi connectivity index (χ3v) is 3.00. The summed E-state index contributed by atoms with van der Waals surface area (Å²) in [6.07, 6.45) is 2.28. The van der Waals surface area contributed by atoms with Gasteiger partial charge in [0.25, 0.3) is 0 Å². The number of rotatable bonds is 8. The van der Waals surface area contributed by atoms with E-state index in [1.54, 1.807) is 24.1 Å². The van der Waals surface area contributed by atoms with Gasteiger partial charge in [-0.15, -0.1) is 0 Å². The molecule has 0 radical (unpaired) electrons. The van der Waals surface area contributed by atoms with Crippen LogP contribution in [0.15, 0.2) is 24.3 Å². The Hall–Kier alpha value is -1.26. The smallest absolute Gasteiger partial charge is 0.222 e. The zero-order valence-corrected chi connectivity index (χ0v) is 12.0. The summed E-state index contributed by atoms with van der Waals surface area (Å²) in [5.41, 5.74) is 5.39. The largest absolute Gasteiger partial charge is 0.492 e. The van der Waals surface area contributed by atoms with E-state index in [9.17, 15) is 4.79 Å². The minimum absolute atomic E-state index is 0.128. The van der Waals surface area contributed by atoms with E-state index in [0.29, 0.717) is 31.1 Å². The maximum Gasteiger partial charge on any atom is 0.222 e. The van der Waals surface area contributed by atoms with Crippen LogP contribution in [-0.4, -0.2) is 37.6 Å². The Labute approximate surface area is 119 Å². The zero-order chi connectivity index (χ0) is 14.1. The molecule has 1 rings (SSSR count). The Balaban J connectivity index is 2.23. The van der Waals surface area contributed by atoms with Crippen LogP contribution >= 0.6 is 11.6 Å². The molecule has 0 unspecified atom stereocenters. The number of unbranched alkanes of at least 4 members (excludes halogenated alkanes) is 1. The van der Waals surface area contributed by atoms with E-state index >= 15 is 0 Å². The molecule has 2 N–H and O–H groups in total. The highest BCUT2D eigenvalue weighted by atomic mass is 35.5. The first kappa shape index (κ1) is 15.8. The van der Waals surface area contributed by atoms with Crippen molar-refractivity contribution in [1.82, 2.24) is 4.90 Å². The number of nitrogens with two attached hydrogens (primary N) is 1. The number of nitrogens with zero attached hydrogens (tertiary/aromatic N) is 1. The van der Waals surface area contributed by atoms with E-state index in [1.165, 1.54) is 0 Å². The van der Waals surface area contributed by atoms with Gasteiger partial charge in [0.1, 0.15) is 12.4 Å². The average Bonchev–Trinajstić information content (AvgIpc) is 2.39. The van der Waals surface area contributed by atoms with Gasteiger partial charge < -0.3 is 15.4 Å². The van der Waals surface area contributed by atoms with Crippen LogP contribution in [0.25, 0.3) is 0 Å². The number of hydrogen-bond acceptors (Lipinski definition) is 3. The molecule has 0 spiro atoms. The van der Waals surface area contributed by atoms with Gasteiger partial charge >= 0.3 is 0 Å². The zero-order valence-electron chi connectivity index (χ0n) is 11.3. The van der Waals surface area contributed by atoms with Crippen molar-refractivity contribution in [1.29, 1.82) is 0 Å². The lowest BCUT2D eigenvalue weighted by molar-refractivity contribution is -0.130. The predicted octanol–water partition coefficient (Wildman–Crippen LogP) is 2.31. The lowest BCUT2D eigenvalue weighted by Gasteiger charge is -2.17. The first-order valence-corrected chi connectivity index (χ1v) is 6.83. The van der Waals surface area contributed by atoms with E-state index in [0.717, 1.165) is 18.6 Å². The first-order chi connectivity index (χ1) is 9.13. The van der Waals surface area contributed by atoms with Gasteiger partial charge in [-0.05, 0) is 37.6 Å². The van der Waals surface area contributed by atoms with Crippen molar-refractivity contribution in [3.8, 4) is 5.75 Å². The van der Waals surface area contributed by atoms with E-state index in [4.69, 9.17) is 22.1 Å². The summed E-state index contributed by atoms with van der Waals surface area (Å²) in [4.78, 5) is 13.4. The van der Waals surface area contributed by atoms with Crippen LogP contribution in [0.5, 0.6) is 5.75 Å². The Bertz CT molecular complexity index is 399. The second-order valence-corrected chi connectivity index (χ2v) is 4.80. The predicted molar refractivity (Wildman–Crippen MR) is 77.5 cm³/mol. The summed E-state index contributed by atoms with van der Waals surface area (Å²) >= 11 is 5.85. The molecule has 0 saturated heterocycles.